The molecule has 1 saturated heterocycles. The number of aryl methyl sites for hydroxylation is 1. The molecule has 0 aliphatic carbocycles. The zero-order valence-corrected chi connectivity index (χ0v) is 20.6. The lowest BCUT2D eigenvalue weighted by molar-refractivity contribution is -0.118. The van der Waals surface area contributed by atoms with E-state index in [1.165, 1.54) is 0 Å². The molecule has 1 aliphatic heterocycles. The van der Waals surface area contributed by atoms with Crippen LogP contribution in [0.5, 0.6) is 5.75 Å². The molecule has 2 aromatic carbocycles. The molecule has 1 aromatic heterocycles. The topological polar surface area (TPSA) is 84.8 Å². The molecule has 0 saturated carbocycles. The number of nitrogens with one attached hydrogen (secondary N) is 2. The van der Waals surface area contributed by atoms with Crippen LogP contribution in [0, 0.1) is 0 Å². The average Bonchev–Trinajstić information content (AvgIpc) is 3.22. The minimum absolute atomic E-state index is 0.0927. The molecule has 0 bridgehead atoms. The highest BCUT2D eigenvalue weighted by Crippen LogP contribution is 2.24. The maximum atomic E-state index is 13.0. The number of carbonyl (C=O) groups is 2. The fourth-order valence-electron chi connectivity index (χ4n) is 4.12. The lowest BCUT2D eigenvalue weighted by Crippen LogP contribution is -2.41. The average molecular weight is 499 g/mol. The fraction of sp³-hybridized carbons (Fsp3) is 0.385. The predicted octanol–water partition coefficient (Wildman–Crippen LogP) is 3.78. The second-order valence-corrected chi connectivity index (χ2v) is 8.89. The molecule has 2 N–H and O–H groups in total. The minimum atomic E-state index is -0.270. The van der Waals surface area contributed by atoms with Crippen LogP contribution in [0.2, 0.25) is 5.02 Å². The van der Waals surface area contributed by atoms with E-state index in [2.05, 4.69) is 22.5 Å². The lowest BCUT2D eigenvalue weighted by Gasteiger charge is -2.26. The van der Waals surface area contributed by atoms with E-state index in [9.17, 15) is 9.59 Å². The summed E-state index contributed by atoms with van der Waals surface area (Å²) in [4.78, 5) is 27.7. The Morgan fingerprint density at radius 3 is 2.57 bits per heavy atom. The summed E-state index contributed by atoms with van der Waals surface area (Å²) in [6.07, 6.45) is 0.901. The van der Waals surface area contributed by atoms with Gasteiger partial charge in [0.1, 0.15) is 11.4 Å². The third-order valence-corrected chi connectivity index (χ3v) is 6.12. The molecule has 0 atom stereocenters. The minimum Gasteiger partial charge on any atom is -0.484 e. The van der Waals surface area contributed by atoms with E-state index < -0.39 is 0 Å². The fourth-order valence-corrected chi connectivity index (χ4v) is 4.25. The molecule has 186 valence electrons. The van der Waals surface area contributed by atoms with Crippen molar-refractivity contribution in [3.63, 3.8) is 0 Å². The summed E-state index contributed by atoms with van der Waals surface area (Å²) >= 11 is 5.87. The first-order chi connectivity index (χ1) is 17.0. The van der Waals surface area contributed by atoms with Gasteiger partial charge in [-0.3, -0.25) is 14.5 Å². The standard InChI is InChI=1S/C26H31ClN4O4/c1-2-10-31-23-8-5-21(29-25(32)18-35-22-6-3-20(27)4-7-22)16-19(23)17-24(31)26(33)28-9-11-30-12-14-34-15-13-30/h3-8,16-17H,2,9-15,18H2,1H3,(H,28,33)(H,29,32). The molecule has 0 radical (unpaired) electrons. The summed E-state index contributed by atoms with van der Waals surface area (Å²) < 4.78 is 12.9. The van der Waals surface area contributed by atoms with Crippen LogP contribution in [0.15, 0.2) is 48.5 Å². The van der Waals surface area contributed by atoms with Gasteiger partial charge in [0.15, 0.2) is 6.61 Å². The van der Waals surface area contributed by atoms with Crippen molar-refractivity contribution in [1.82, 2.24) is 14.8 Å². The summed E-state index contributed by atoms with van der Waals surface area (Å²) in [5, 5.41) is 7.42. The van der Waals surface area contributed by atoms with E-state index in [4.69, 9.17) is 21.1 Å². The Bertz CT molecular complexity index is 1160. The van der Waals surface area contributed by atoms with Crippen LogP contribution in [0.25, 0.3) is 10.9 Å². The van der Waals surface area contributed by atoms with Gasteiger partial charge in [-0.15, -0.1) is 0 Å². The van der Waals surface area contributed by atoms with Crippen molar-refractivity contribution in [1.29, 1.82) is 0 Å². The zero-order chi connectivity index (χ0) is 24.6. The van der Waals surface area contributed by atoms with Gasteiger partial charge in [0.05, 0.1) is 13.2 Å². The number of ether oxygens (including phenoxy) is 2. The molecule has 9 heteroatoms. The van der Waals surface area contributed by atoms with E-state index in [0.717, 1.165) is 56.7 Å². The van der Waals surface area contributed by atoms with Gasteiger partial charge in [0, 0.05) is 54.3 Å². The maximum Gasteiger partial charge on any atom is 0.267 e. The van der Waals surface area contributed by atoms with E-state index in [0.29, 0.717) is 28.7 Å². The largest absolute Gasteiger partial charge is 0.484 e. The summed E-state index contributed by atoms with van der Waals surface area (Å²) in [6.45, 7) is 7.36. The SMILES string of the molecule is CCCn1c(C(=O)NCCN2CCOCC2)cc2cc(NC(=O)COc3ccc(Cl)cc3)ccc21. The van der Waals surface area contributed by atoms with Crippen molar-refractivity contribution in [3.05, 3.63) is 59.2 Å². The Morgan fingerprint density at radius 1 is 1.06 bits per heavy atom. The number of anilines is 1. The molecular weight excluding hydrogens is 468 g/mol. The number of nitrogens with zero attached hydrogens (tertiary/aromatic N) is 2. The second-order valence-electron chi connectivity index (χ2n) is 8.46. The van der Waals surface area contributed by atoms with Gasteiger partial charge in [0.2, 0.25) is 0 Å². The Kier molecular flexibility index (Phi) is 8.63. The van der Waals surface area contributed by atoms with Gasteiger partial charge >= 0.3 is 0 Å². The number of aromatic nitrogens is 1. The molecule has 4 rings (SSSR count). The highest BCUT2D eigenvalue weighted by Gasteiger charge is 2.17. The summed E-state index contributed by atoms with van der Waals surface area (Å²) in [5.74, 6) is 0.208. The van der Waals surface area contributed by atoms with Gasteiger partial charge < -0.3 is 24.7 Å². The first-order valence-corrected chi connectivity index (χ1v) is 12.3. The first kappa shape index (κ1) is 25.0. The molecule has 2 heterocycles. The number of carbonyl (C=O) groups excluding carboxylic acids is 2. The van der Waals surface area contributed by atoms with Crippen molar-refractivity contribution < 1.29 is 19.1 Å². The molecule has 8 nitrogen and oxygen atoms in total. The third-order valence-electron chi connectivity index (χ3n) is 5.87. The zero-order valence-electron chi connectivity index (χ0n) is 19.9. The van der Waals surface area contributed by atoms with Crippen LogP contribution in [-0.4, -0.2) is 67.3 Å². The highest BCUT2D eigenvalue weighted by atomic mass is 35.5. The van der Waals surface area contributed by atoms with Crippen molar-refractivity contribution >= 4 is 40.0 Å². The van der Waals surface area contributed by atoms with Crippen LogP contribution in [0.4, 0.5) is 5.69 Å². The number of hydrogen-bond acceptors (Lipinski definition) is 5. The molecule has 35 heavy (non-hydrogen) atoms. The Labute approximate surface area is 210 Å². The summed E-state index contributed by atoms with van der Waals surface area (Å²) in [5.41, 5.74) is 2.23. The molecule has 2 amide bonds. The Balaban J connectivity index is 1.39. The van der Waals surface area contributed by atoms with Crippen LogP contribution in [0.3, 0.4) is 0 Å². The van der Waals surface area contributed by atoms with E-state index in [-0.39, 0.29) is 18.4 Å². The van der Waals surface area contributed by atoms with E-state index >= 15 is 0 Å². The number of morpholine rings is 1. The van der Waals surface area contributed by atoms with Gasteiger partial charge in [-0.2, -0.15) is 0 Å². The first-order valence-electron chi connectivity index (χ1n) is 11.9. The number of fused-ring (bicyclic) bond motifs is 1. The highest BCUT2D eigenvalue weighted by molar-refractivity contribution is 6.30. The molecular formula is C26H31ClN4O4. The Hall–Kier alpha value is -3.07. The van der Waals surface area contributed by atoms with Crippen molar-refractivity contribution in [3.8, 4) is 5.75 Å². The smallest absolute Gasteiger partial charge is 0.267 e. The normalized spacial score (nSPS) is 14.1. The van der Waals surface area contributed by atoms with Crippen LogP contribution >= 0.6 is 11.6 Å². The van der Waals surface area contributed by atoms with Gasteiger partial charge in [-0.1, -0.05) is 18.5 Å². The molecule has 3 aromatic rings. The number of amides is 2. The second kappa shape index (κ2) is 12.1. The molecule has 1 fully saturated rings. The number of benzene rings is 2. The van der Waals surface area contributed by atoms with Crippen molar-refractivity contribution in [2.24, 2.45) is 0 Å². The Morgan fingerprint density at radius 2 is 1.83 bits per heavy atom. The van der Waals surface area contributed by atoms with Crippen LogP contribution in [-0.2, 0) is 16.1 Å². The molecule has 0 spiro atoms. The predicted molar refractivity (Wildman–Crippen MR) is 137 cm³/mol. The van der Waals surface area contributed by atoms with Gasteiger partial charge in [-0.05, 0) is 55.0 Å². The number of rotatable bonds is 10. The van der Waals surface area contributed by atoms with Crippen LogP contribution < -0.4 is 15.4 Å². The maximum absolute atomic E-state index is 13.0. The lowest BCUT2D eigenvalue weighted by atomic mass is 10.2. The molecule has 0 unspecified atom stereocenters. The summed E-state index contributed by atoms with van der Waals surface area (Å²) in [7, 11) is 0. The molecule has 1 aliphatic rings. The summed E-state index contributed by atoms with van der Waals surface area (Å²) in [6, 6.07) is 14.4. The third kappa shape index (κ3) is 6.75. The monoisotopic (exact) mass is 498 g/mol. The number of halogens is 1. The quantitative estimate of drug-likeness (QED) is 0.444. The van der Waals surface area contributed by atoms with E-state index in [1.54, 1.807) is 24.3 Å². The van der Waals surface area contributed by atoms with Crippen molar-refractivity contribution in [2.75, 3.05) is 51.3 Å². The van der Waals surface area contributed by atoms with Gasteiger partial charge in [0.25, 0.3) is 11.8 Å². The van der Waals surface area contributed by atoms with Gasteiger partial charge in [-0.25, -0.2) is 0 Å². The van der Waals surface area contributed by atoms with Crippen molar-refractivity contribution in [2.45, 2.75) is 19.9 Å². The van der Waals surface area contributed by atoms with E-state index in [1.807, 2.05) is 28.8 Å². The number of hydrogen-bond donors (Lipinski definition) is 2. The van der Waals surface area contributed by atoms with Crippen LogP contribution in [0.1, 0.15) is 23.8 Å².